The maximum atomic E-state index is 5.60. The van der Waals surface area contributed by atoms with Gasteiger partial charge in [-0.3, -0.25) is 5.84 Å². The molecule has 80 valence electrons. The number of rotatable bonds is 3. The highest BCUT2D eigenvalue weighted by molar-refractivity contribution is 4.68. The fourth-order valence-corrected chi connectivity index (χ4v) is 1.33. The Hall–Kier alpha value is -0.120. The molecule has 0 bridgehead atoms. The Morgan fingerprint density at radius 2 is 1.85 bits per heavy atom. The van der Waals surface area contributed by atoms with Gasteiger partial charge < -0.3 is 4.74 Å². The third kappa shape index (κ3) is 6.02. The molecule has 0 amide bonds. The Morgan fingerprint density at radius 3 is 2.31 bits per heavy atom. The molecule has 1 rings (SSSR count). The molecule has 1 aliphatic rings. The lowest BCUT2D eigenvalue weighted by Gasteiger charge is -2.28. The second kappa shape index (κ2) is 8.48. The molecule has 0 aromatic carbocycles. The van der Waals surface area contributed by atoms with E-state index in [9.17, 15) is 0 Å². The number of nitrogens with two attached hydrogens (primary N) is 1. The van der Waals surface area contributed by atoms with E-state index in [1.54, 1.807) is 0 Å². The predicted molar refractivity (Wildman–Crippen MR) is 56.4 cm³/mol. The maximum absolute atomic E-state index is 5.60. The summed E-state index contributed by atoms with van der Waals surface area (Å²) < 4.78 is 5.60. The molecule has 13 heavy (non-hydrogen) atoms. The Kier molecular flexibility index (Phi) is 8.40. The van der Waals surface area contributed by atoms with Gasteiger partial charge in [0.2, 0.25) is 0 Å². The molecule has 1 saturated heterocycles. The van der Waals surface area contributed by atoms with Crippen LogP contribution in [-0.2, 0) is 4.74 Å². The first-order valence-corrected chi connectivity index (χ1v) is 5.44. The fourth-order valence-electron chi connectivity index (χ4n) is 1.33. The summed E-state index contributed by atoms with van der Waals surface area (Å²) in [5, 5.41) is 1.87. The van der Waals surface area contributed by atoms with Crippen molar-refractivity contribution in [2.75, 3.05) is 19.7 Å². The van der Waals surface area contributed by atoms with Crippen LogP contribution in [0.15, 0.2) is 0 Å². The van der Waals surface area contributed by atoms with Crippen molar-refractivity contribution in [2.45, 2.75) is 46.1 Å². The van der Waals surface area contributed by atoms with E-state index in [1.165, 1.54) is 0 Å². The minimum Gasteiger partial charge on any atom is -0.378 e. The van der Waals surface area contributed by atoms with Crippen LogP contribution in [0.4, 0.5) is 0 Å². The van der Waals surface area contributed by atoms with Crippen LogP contribution in [0.25, 0.3) is 0 Å². The summed E-state index contributed by atoms with van der Waals surface area (Å²) in [5.74, 6) is 5.60. The number of hydrogen-bond donors (Lipinski definition) is 1. The molecule has 0 atom stereocenters. The molecule has 0 aromatic heterocycles. The van der Waals surface area contributed by atoms with Crippen molar-refractivity contribution in [1.82, 2.24) is 5.01 Å². The van der Waals surface area contributed by atoms with Gasteiger partial charge in [-0.2, -0.15) is 0 Å². The molecule has 2 N–H and O–H groups in total. The van der Waals surface area contributed by atoms with Gasteiger partial charge in [-0.25, -0.2) is 5.01 Å². The number of nitrogens with zero attached hydrogens (tertiary/aromatic N) is 1. The first-order chi connectivity index (χ1) is 6.33. The van der Waals surface area contributed by atoms with Gasteiger partial charge >= 0.3 is 0 Å². The van der Waals surface area contributed by atoms with E-state index in [1.807, 2.05) is 18.9 Å². The molecule has 1 heterocycles. The average Bonchev–Trinajstić information content (AvgIpc) is 2.20. The van der Waals surface area contributed by atoms with Crippen molar-refractivity contribution in [2.24, 2.45) is 5.84 Å². The largest absolute Gasteiger partial charge is 0.378 e. The summed E-state index contributed by atoms with van der Waals surface area (Å²) in [5.41, 5.74) is 0. The van der Waals surface area contributed by atoms with Crippen molar-refractivity contribution in [1.29, 1.82) is 0 Å². The van der Waals surface area contributed by atoms with Gasteiger partial charge in [0.25, 0.3) is 0 Å². The lowest BCUT2D eigenvalue weighted by molar-refractivity contribution is 0.00776. The standard InChI is InChI=1S/C8H18N2O.C2H6/c1-2-7-11-8-3-5-10(9)6-4-8;1-2/h8H,2-7,9H2,1H3;1-2H3. The molecule has 0 aromatic rings. The Morgan fingerprint density at radius 1 is 1.31 bits per heavy atom. The van der Waals surface area contributed by atoms with E-state index in [-0.39, 0.29) is 0 Å². The fraction of sp³-hybridized carbons (Fsp3) is 1.00. The van der Waals surface area contributed by atoms with Crippen molar-refractivity contribution in [3.05, 3.63) is 0 Å². The van der Waals surface area contributed by atoms with Crippen molar-refractivity contribution >= 4 is 0 Å². The van der Waals surface area contributed by atoms with E-state index < -0.39 is 0 Å². The third-order valence-corrected chi connectivity index (χ3v) is 2.03. The van der Waals surface area contributed by atoms with Gasteiger partial charge in [0, 0.05) is 19.7 Å². The first-order valence-electron chi connectivity index (χ1n) is 5.44. The second-order valence-corrected chi connectivity index (χ2v) is 3.11. The van der Waals surface area contributed by atoms with Gasteiger partial charge in [-0.05, 0) is 19.3 Å². The summed E-state index contributed by atoms with van der Waals surface area (Å²) in [6.07, 6.45) is 3.77. The Bertz CT molecular complexity index is 98.3. The van der Waals surface area contributed by atoms with Crippen molar-refractivity contribution in [3.63, 3.8) is 0 Å². The van der Waals surface area contributed by atoms with Gasteiger partial charge in [0.15, 0.2) is 0 Å². The zero-order chi connectivity index (χ0) is 10.1. The molecular formula is C10H24N2O. The molecular weight excluding hydrogens is 164 g/mol. The number of piperidine rings is 1. The zero-order valence-electron chi connectivity index (χ0n) is 9.25. The van der Waals surface area contributed by atoms with Crippen LogP contribution in [0, 0.1) is 0 Å². The molecule has 0 saturated carbocycles. The highest BCUT2D eigenvalue weighted by atomic mass is 16.5. The lowest BCUT2D eigenvalue weighted by atomic mass is 10.1. The highest BCUT2D eigenvalue weighted by Gasteiger charge is 2.16. The summed E-state index contributed by atoms with van der Waals surface area (Å²) in [7, 11) is 0. The monoisotopic (exact) mass is 188 g/mol. The molecule has 1 aliphatic heterocycles. The van der Waals surface area contributed by atoms with Crippen molar-refractivity contribution in [3.8, 4) is 0 Å². The van der Waals surface area contributed by atoms with E-state index in [4.69, 9.17) is 10.6 Å². The van der Waals surface area contributed by atoms with Gasteiger partial charge in [0.05, 0.1) is 6.10 Å². The first kappa shape index (κ1) is 12.9. The van der Waals surface area contributed by atoms with Crippen LogP contribution in [0.3, 0.4) is 0 Å². The second-order valence-electron chi connectivity index (χ2n) is 3.11. The number of ether oxygens (including phenoxy) is 1. The molecule has 1 fully saturated rings. The third-order valence-electron chi connectivity index (χ3n) is 2.03. The Balaban J connectivity index is 0.000000671. The smallest absolute Gasteiger partial charge is 0.0600 e. The van der Waals surface area contributed by atoms with Crippen LogP contribution >= 0.6 is 0 Å². The minimum absolute atomic E-state index is 0.467. The average molecular weight is 188 g/mol. The SMILES string of the molecule is CC.CCCOC1CCN(N)CC1. The van der Waals surface area contributed by atoms with E-state index in [2.05, 4.69) is 6.92 Å². The van der Waals surface area contributed by atoms with Gasteiger partial charge in [0.1, 0.15) is 0 Å². The van der Waals surface area contributed by atoms with Crippen molar-refractivity contribution < 1.29 is 4.74 Å². The quantitative estimate of drug-likeness (QED) is 0.686. The van der Waals surface area contributed by atoms with Crippen LogP contribution in [0.2, 0.25) is 0 Å². The number of hydrazine groups is 1. The van der Waals surface area contributed by atoms with Crippen LogP contribution in [-0.4, -0.2) is 30.8 Å². The van der Waals surface area contributed by atoms with Crippen LogP contribution < -0.4 is 5.84 Å². The zero-order valence-corrected chi connectivity index (χ0v) is 9.25. The molecule has 0 radical (unpaired) electrons. The van der Waals surface area contributed by atoms with E-state index >= 15 is 0 Å². The van der Waals surface area contributed by atoms with E-state index in [0.717, 1.165) is 39.0 Å². The lowest BCUT2D eigenvalue weighted by Crippen LogP contribution is -2.41. The molecule has 0 aliphatic carbocycles. The molecule has 0 spiro atoms. The van der Waals surface area contributed by atoms with E-state index in [0.29, 0.717) is 6.10 Å². The summed E-state index contributed by atoms with van der Waals surface area (Å²) in [6, 6.07) is 0. The molecule has 3 heteroatoms. The highest BCUT2D eigenvalue weighted by Crippen LogP contribution is 2.10. The molecule has 0 unspecified atom stereocenters. The predicted octanol–water partition coefficient (Wildman–Crippen LogP) is 1.78. The van der Waals surface area contributed by atoms with Crippen LogP contribution in [0.5, 0.6) is 0 Å². The van der Waals surface area contributed by atoms with Gasteiger partial charge in [-0.1, -0.05) is 20.8 Å². The summed E-state index contributed by atoms with van der Waals surface area (Å²) >= 11 is 0. The summed E-state index contributed by atoms with van der Waals surface area (Å²) in [6.45, 7) is 9.00. The number of hydrogen-bond acceptors (Lipinski definition) is 3. The Labute approximate surface area is 82.2 Å². The molecule has 3 nitrogen and oxygen atoms in total. The summed E-state index contributed by atoms with van der Waals surface area (Å²) in [4.78, 5) is 0. The maximum Gasteiger partial charge on any atom is 0.0600 e. The minimum atomic E-state index is 0.467. The normalized spacial score (nSPS) is 19.4. The van der Waals surface area contributed by atoms with Crippen LogP contribution in [0.1, 0.15) is 40.0 Å². The topological polar surface area (TPSA) is 38.5 Å². The van der Waals surface area contributed by atoms with Gasteiger partial charge in [-0.15, -0.1) is 0 Å².